The van der Waals surface area contributed by atoms with Gasteiger partial charge in [-0.2, -0.15) is 0 Å². The van der Waals surface area contributed by atoms with Gasteiger partial charge in [-0.3, -0.25) is 4.79 Å². The van der Waals surface area contributed by atoms with Crippen molar-refractivity contribution in [1.82, 2.24) is 5.32 Å². The summed E-state index contributed by atoms with van der Waals surface area (Å²) in [4.78, 5) is 10.7. The molecule has 1 aromatic heterocycles. The number of nitrogens with one attached hydrogen (secondary N) is 1. The molecule has 0 fully saturated rings. The summed E-state index contributed by atoms with van der Waals surface area (Å²) in [6.07, 6.45) is 0.873. The summed E-state index contributed by atoms with van der Waals surface area (Å²) in [5.41, 5.74) is 5.06. The highest BCUT2D eigenvalue weighted by molar-refractivity contribution is 5.79. The molecule has 4 N–H and O–H groups in total. The minimum atomic E-state index is -0.688. The monoisotopic (exact) mass is 242 g/mol. The van der Waals surface area contributed by atoms with E-state index in [0.29, 0.717) is 12.4 Å². The van der Waals surface area contributed by atoms with Crippen molar-refractivity contribution in [3.8, 4) is 0 Å². The molecule has 0 aromatic carbocycles. The third kappa shape index (κ3) is 5.48. The summed E-state index contributed by atoms with van der Waals surface area (Å²) < 4.78 is 10.3. The molecule has 2 unspecified atom stereocenters. The van der Waals surface area contributed by atoms with Crippen molar-refractivity contribution in [3.05, 3.63) is 24.2 Å². The van der Waals surface area contributed by atoms with Crippen LogP contribution in [0, 0.1) is 0 Å². The lowest BCUT2D eigenvalue weighted by atomic mass is 10.3. The van der Waals surface area contributed by atoms with Crippen LogP contribution in [-0.2, 0) is 16.1 Å². The van der Waals surface area contributed by atoms with E-state index in [4.69, 9.17) is 14.9 Å². The highest BCUT2D eigenvalue weighted by atomic mass is 16.5. The summed E-state index contributed by atoms with van der Waals surface area (Å²) >= 11 is 0. The zero-order valence-electron chi connectivity index (χ0n) is 9.76. The summed E-state index contributed by atoms with van der Waals surface area (Å²) in [5, 5.41) is 12.3. The largest absolute Gasteiger partial charge is 0.467 e. The van der Waals surface area contributed by atoms with Crippen molar-refractivity contribution < 1.29 is 19.1 Å². The Balaban J connectivity index is 2.09. The minimum absolute atomic E-state index is 0.166. The fourth-order valence-electron chi connectivity index (χ4n) is 1.16. The van der Waals surface area contributed by atoms with Gasteiger partial charge in [0.05, 0.1) is 25.0 Å². The number of amides is 1. The number of nitrogens with two attached hydrogens (primary N) is 1. The molecule has 0 saturated heterocycles. The minimum Gasteiger partial charge on any atom is -0.467 e. The number of carbonyl (C=O) groups excluding carboxylic acids is 1. The van der Waals surface area contributed by atoms with Crippen molar-refractivity contribution >= 4 is 5.91 Å². The lowest BCUT2D eigenvalue weighted by Crippen LogP contribution is -2.43. The van der Waals surface area contributed by atoms with Crippen molar-refractivity contribution in [3.63, 3.8) is 0 Å². The molecule has 6 nitrogen and oxygen atoms in total. The van der Waals surface area contributed by atoms with Crippen LogP contribution in [0.1, 0.15) is 12.7 Å². The number of carbonyl (C=O) groups is 1. The topological polar surface area (TPSA) is 97.7 Å². The molecule has 0 bridgehead atoms. The maximum Gasteiger partial charge on any atom is 0.234 e. The smallest absolute Gasteiger partial charge is 0.234 e. The molecule has 0 radical (unpaired) electrons. The van der Waals surface area contributed by atoms with E-state index in [-0.39, 0.29) is 13.2 Å². The summed E-state index contributed by atoms with van der Waals surface area (Å²) in [5.74, 6) is 0.254. The van der Waals surface area contributed by atoms with Gasteiger partial charge in [-0.25, -0.2) is 0 Å². The van der Waals surface area contributed by atoms with Crippen LogP contribution < -0.4 is 11.1 Å². The molecule has 0 spiro atoms. The average molecular weight is 242 g/mol. The molecule has 1 amide bonds. The highest BCUT2D eigenvalue weighted by Gasteiger charge is 2.11. The quantitative estimate of drug-likeness (QED) is 0.577. The SMILES string of the molecule is CC(NCC(O)COCc1ccco1)C(N)=O. The maximum absolute atomic E-state index is 10.7. The van der Waals surface area contributed by atoms with Gasteiger partial charge in [0.25, 0.3) is 0 Å². The van der Waals surface area contributed by atoms with E-state index in [2.05, 4.69) is 5.32 Å². The first-order valence-corrected chi connectivity index (χ1v) is 5.40. The Morgan fingerprint density at radius 2 is 2.47 bits per heavy atom. The molecule has 0 aliphatic heterocycles. The van der Waals surface area contributed by atoms with Crippen LogP contribution in [0.4, 0.5) is 0 Å². The zero-order chi connectivity index (χ0) is 12.7. The third-order valence-electron chi connectivity index (χ3n) is 2.22. The molecule has 0 aliphatic rings. The van der Waals surface area contributed by atoms with Crippen molar-refractivity contribution in [1.29, 1.82) is 0 Å². The molecule has 0 aliphatic carbocycles. The van der Waals surface area contributed by atoms with Gasteiger partial charge in [0.1, 0.15) is 12.4 Å². The van der Waals surface area contributed by atoms with Gasteiger partial charge in [-0.05, 0) is 19.1 Å². The van der Waals surface area contributed by atoms with E-state index in [1.54, 1.807) is 25.3 Å². The first kappa shape index (κ1) is 13.7. The second-order valence-corrected chi connectivity index (χ2v) is 3.78. The molecule has 1 heterocycles. The van der Waals surface area contributed by atoms with Crippen LogP contribution in [0.2, 0.25) is 0 Å². The Labute approximate surface area is 99.7 Å². The molecular formula is C11H18N2O4. The predicted octanol–water partition coefficient (Wildman–Crippen LogP) is -0.380. The number of ether oxygens (including phenoxy) is 1. The van der Waals surface area contributed by atoms with Crippen LogP contribution in [0.25, 0.3) is 0 Å². The Bertz CT molecular complexity index is 326. The van der Waals surface area contributed by atoms with Crippen molar-refractivity contribution in [2.45, 2.75) is 25.7 Å². The number of aliphatic hydroxyl groups is 1. The summed E-state index contributed by atoms with van der Waals surface area (Å²) in [6.45, 7) is 2.37. The Hall–Kier alpha value is -1.37. The van der Waals surface area contributed by atoms with Gasteiger partial charge in [0.2, 0.25) is 5.91 Å². The summed E-state index contributed by atoms with van der Waals surface area (Å²) in [7, 11) is 0. The van der Waals surface area contributed by atoms with E-state index in [0.717, 1.165) is 0 Å². The van der Waals surface area contributed by atoms with Gasteiger partial charge < -0.3 is 25.3 Å². The second-order valence-electron chi connectivity index (χ2n) is 3.78. The van der Waals surface area contributed by atoms with Crippen molar-refractivity contribution in [2.75, 3.05) is 13.2 Å². The second kappa shape index (κ2) is 7.05. The highest BCUT2D eigenvalue weighted by Crippen LogP contribution is 2.01. The van der Waals surface area contributed by atoms with E-state index in [1.807, 2.05) is 0 Å². The molecule has 1 rings (SSSR count). The van der Waals surface area contributed by atoms with Crippen LogP contribution in [0.3, 0.4) is 0 Å². The lowest BCUT2D eigenvalue weighted by molar-refractivity contribution is -0.119. The fraction of sp³-hybridized carbons (Fsp3) is 0.545. The van der Waals surface area contributed by atoms with Crippen molar-refractivity contribution in [2.24, 2.45) is 5.73 Å². The number of aliphatic hydroxyl groups excluding tert-OH is 1. The normalized spacial score (nSPS) is 14.5. The van der Waals surface area contributed by atoms with E-state index >= 15 is 0 Å². The number of hydrogen-bond acceptors (Lipinski definition) is 5. The number of hydrogen-bond donors (Lipinski definition) is 3. The predicted molar refractivity (Wildman–Crippen MR) is 61.0 cm³/mol. The van der Waals surface area contributed by atoms with Gasteiger partial charge in [-0.1, -0.05) is 0 Å². The van der Waals surface area contributed by atoms with Crippen LogP contribution >= 0.6 is 0 Å². The van der Waals surface area contributed by atoms with Crippen LogP contribution in [-0.4, -0.2) is 36.3 Å². The molecular weight excluding hydrogens is 224 g/mol. The average Bonchev–Trinajstić information content (AvgIpc) is 2.78. The molecule has 6 heteroatoms. The Morgan fingerprint density at radius 1 is 1.71 bits per heavy atom. The van der Waals surface area contributed by atoms with Crippen LogP contribution in [0.5, 0.6) is 0 Å². The third-order valence-corrected chi connectivity index (χ3v) is 2.22. The number of furan rings is 1. The molecule has 2 atom stereocenters. The van der Waals surface area contributed by atoms with Gasteiger partial charge >= 0.3 is 0 Å². The van der Waals surface area contributed by atoms with E-state index in [9.17, 15) is 9.90 Å². The first-order valence-electron chi connectivity index (χ1n) is 5.40. The fourth-order valence-corrected chi connectivity index (χ4v) is 1.16. The first-order chi connectivity index (χ1) is 8.09. The lowest BCUT2D eigenvalue weighted by Gasteiger charge is -2.14. The maximum atomic E-state index is 10.7. The molecule has 1 aromatic rings. The standard InChI is InChI=1S/C11H18N2O4/c1-8(11(12)15)13-5-9(14)6-16-7-10-3-2-4-17-10/h2-4,8-9,13-14H,5-7H2,1H3,(H2,12,15). The van der Waals surface area contributed by atoms with Crippen LogP contribution in [0.15, 0.2) is 22.8 Å². The molecule has 96 valence electrons. The Morgan fingerprint density at radius 3 is 3.06 bits per heavy atom. The number of primary amides is 1. The molecule has 0 saturated carbocycles. The van der Waals surface area contributed by atoms with E-state index < -0.39 is 18.1 Å². The van der Waals surface area contributed by atoms with Gasteiger partial charge in [0, 0.05) is 6.54 Å². The van der Waals surface area contributed by atoms with Gasteiger partial charge in [-0.15, -0.1) is 0 Å². The molecule has 17 heavy (non-hydrogen) atoms. The van der Waals surface area contributed by atoms with Gasteiger partial charge in [0.15, 0.2) is 0 Å². The Kier molecular flexibility index (Phi) is 5.68. The zero-order valence-corrected chi connectivity index (χ0v) is 9.76. The number of rotatable bonds is 8. The van der Waals surface area contributed by atoms with E-state index in [1.165, 1.54) is 0 Å². The summed E-state index contributed by atoms with van der Waals surface area (Å²) in [6, 6.07) is 3.10.